The average Bonchev–Trinajstić information content (AvgIpc) is 2.83. The second kappa shape index (κ2) is 6.16. The average molecular weight is 323 g/mol. The summed E-state index contributed by atoms with van der Waals surface area (Å²) in [5.41, 5.74) is 2.82. The van der Waals surface area contributed by atoms with Gasteiger partial charge in [0.2, 0.25) is 0 Å². The number of carbonyl (C=O) groups is 3. The maximum atomic E-state index is 12.3. The van der Waals surface area contributed by atoms with Crippen molar-refractivity contribution >= 4 is 23.5 Å². The minimum absolute atomic E-state index is 0.231. The predicted molar refractivity (Wildman–Crippen MR) is 89.6 cm³/mol. The summed E-state index contributed by atoms with van der Waals surface area (Å²) < 4.78 is 0. The van der Waals surface area contributed by atoms with Gasteiger partial charge in [0.05, 0.1) is 0 Å². The van der Waals surface area contributed by atoms with Crippen LogP contribution in [-0.2, 0) is 4.79 Å². The number of carbonyl (C=O) groups excluding carboxylic acids is 3. The molecule has 6 heteroatoms. The summed E-state index contributed by atoms with van der Waals surface area (Å²) in [6.07, 6.45) is 0. The molecular formula is C18H17N3O3. The zero-order valence-corrected chi connectivity index (χ0v) is 13.4. The number of benzene rings is 2. The lowest BCUT2D eigenvalue weighted by Crippen LogP contribution is -2.25. The molecule has 0 bridgehead atoms. The second-order valence-electron chi connectivity index (χ2n) is 5.73. The van der Waals surface area contributed by atoms with Crippen LogP contribution in [0.1, 0.15) is 27.5 Å². The number of anilines is 1. The van der Waals surface area contributed by atoms with Crippen molar-refractivity contribution in [2.45, 2.75) is 13.0 Å². The molecule has 24 heavy (non-hydrogen) atoms. The van der Waals surface area contributed by atoms with E-state index in [1.807, 2.05) is 19.1 Å². The highest BCUT2D eigenvalue weighted by atomic mass is 16.2. The van der Waals surface area contributed by atoms with E-state index < -0.39 is 12.1 Å². The highest BCUT2D eigenvalue weighted by Gasteiger charge is 2.36. The molecule has 122 valence electrons. The maximum Gasteiger partial charge on any atom is 0.324 e. The van der Waals surface area contributed by atoms with Crippen LogP contribution in [0.5, 0.6) is 0 Å². The summed E-state index contributed by atoms with van der Waals surface area (Å²) in [5.74, 6) is -0.548. The molecule has 2 aromatic rings. The van der Waals surface area contributed by atoms with Gasteiger partial charge in [-0.15, -0.1) is 0 Å². The first-order chi connectivity index (χ1) is 11.5. The summed E-state index contributed by atoms with van der Waals surface area (Å²) in [4.78, 5) is 36.9. The van der Waals surface area contributed by atoms with E-state index in [4.69, 9.17) is 0 Å². The van der Waals surface area contributed by atoms with Gasteiger partial charge >= 0.3 is 6.03 Å². The Morgan fingerprint density at radius 1 is 1.12 bits per heavy atom. The molecule has 1 fully saturated rings. The Morgan fingerprint density at radius 3 is 2.46 bits per heavy atom. The van der Waals surface area contributed by atoms with Gasteiger partial charge in [-0.05, 0) is 36.8 Å². The number of aryl methyl sites for hydroxylation is 1. The third kappa shape index (κ3) is 2.99. The van der Waals surface area contributed by atoms with Gasteiger partial charge in [0.25, 0.3) is 11.8 Å². The Bertz CT molecular complexity index is 815. The number of nitrogens with zero attached hydrogens (tertiary/aromatic N) is 1. The maximum absolute atomic E-state index is 12.3. The number of urea groups is 1. The summed E-state index contributed by atoms with van der Waals surface area (Å²) in [7, 11) is 1.43. The molecule has 1 atom stereocenters. The highest BCUT2D eigenvalue weighted by Crippen LogP contribution is 2.23. The third-order valence-corrected chi connectivity index (χ3v) is 3.94. The Hall–Kier alpha value is -3.15. The fourth-order valence-electron chi connectivity index (χ4n) is 2.51. The van der Waals surface area contributed by atoms with Gasteiger partial charge in [0, 0.05) is 18.3 Å². The van der Waals surface area contributed by atoms with Crippen molar-refractivity contribution in [2.75, 3.05) is 12.4 Å². The van der Waals surface area contributed by atoms with Gasteiger partial charge in [-0.2, -0.15) is 0 Å². The lowest BCUT2D eigenvalue weighted by atomic mass is 10.1. The minimum Gasteiger partial charge on any atom is -0.322 e. The molecule has 6 nitrogen and oxygen atoms in total. The second-order valence-corrected chi connectivity index (χ2v) is 5.73. The van der Waals surface area contributed by atoms with E-state index in [2.05, 4.69) is 10.6 Å². The molecule has 1 saturated heterocycles. The number of hydrogen-bond acceptors (Lipinski definition) is 3. The number of likely N-dealkylation sites (N-methyl/N-ethyl adjacent to an activating group) is 1. The lowest BCUT2D eigenvalue weighted by molar-refractivity contribution is -0.126. The quantitative estimate of drug-likeness (QED) is 0.852. The fourth-order valence-corrected chi connectivity index (χ4v) is 2.51. The van der Waals surface area contributed by atoms with E-state index in [9.17, 15) is 14.4 Å². The smallest absolute Gasteiger partial charge is 0.322 e. The van der Waals surface area contributed by atoms with Gasteiger partial charge in [-0.25, -0.2) is 4.79 Å². The first kappa shape index (κ1) is 15.7. The van der Waals surface area contributed by atoms with Crippen molar-refractivity contribution in [1.29, 1.82) is 0 Å². The van der Waals surface area contributed by atoms with Crippen molar-refractivity contribution in [3.63, 3.8) is 0 Å². The molecule has 0 aromatic heterocycles. The van der Waals surface area contributed by atoms with Crippen molar-refractivity contribution in [3.05, 3.63) is 65.2 Å². The molecular weight excluding hydrogens is 306 g/mol. The van der Waals surface area contributed by atoms with Crippen LogP contribution in [0, 0.1) is 6.92 Å². The Kier molecular flexibility index (Phi) is 4.04. The molecule has 3 rings (SSSR count). The van der Waals surface area contributed by atoms with Crippen LogP contribution >= 0.6 is 0 Å². The fraction of sp³-hybridized carbons (Fsp3) is 0.167. The van der Waals surface area contributed by atoms with E-state index in [0.29, 0.717) is 16.8 Å². The largest absolute Gasteiger partial charge is 0.324 e. The van der Waals surface area contributed by atoms with E-state index >= 15 is 0 Å². The summed E-state index contributed by atoms with van der Waals surface area (Å²) in [6.45, 7) is 1.95. The van der Waals surface area contributed by atoms with Crippen molar-refractivity contribution in [1.82, 2.24) is 10.2 Å². The molecule has 2 N–H and O–H groups in total. The Balaban J connectivity index is 1.78. The minimum atomic E-state index is -0.723. The van der Waals surface area contributed by atoms with E-state index in [1.165, 1.54) is 7.05 Å². The first-order valence-corrected chi connectivity index (χ1v) is 7.52. The topological polar surface area (TPSA) is 78.5 Å². The van der Waals surface area contributed by atoms with E-state index in [0.717, 1.165) is 10.5 Å². The van der Waals surface area contributed by atoms with Gasteiger partial charge < -0.3 is 10.6 Å². The molecule has 1 unspecified atom stereocenters. The van der Waals surface area contributed by atoms with Crippen LogP contribution in [0.15, 0.2) is 48.5 Å². The number of hydrogen-bond donors (Lipinski definition) is 2. The molecule has 0 spiro atoms. The van der Waals surface area contributed by atoms with E-state index in [-0.39, 0.29) is 11.8 Å². The molecule has 1 heterocycles. The van der Waals surface area contributed by atoms with Crippen molar-refractivity contribution in [2.24, 2.45) is 0 Å². The van der Waals surface area contributed by atoms with Gasteiger partial charge in [-0.1, -0.05) is 29.8 Å². The van der Waals surface area contributed by atoms with Crippen molar-refractivity contribution < 1.29 is 14.4 Å². The number of nitrogens with one attached hydrogen (secondary N) is 2. The van der Waals surface area contributed by atoms with Gasteiger partial charge in [-0.3, -0.25) is 14.5 Å². The monoisotopic (exact) mass is 323 g/mol. The normalized spacial score (nSPS) is 16.9. The zero-order chi connectivity index (χ0) is 17.3. The van der Waals surface area contributed by atoms with Crippen LogP contribution in [0.3, 0.4) is 0 Å². The number of amides is 4. The molecule has 0 radical (unpaired) electrons. The van der Waals surface area contributed by atoms with Crippen LogP contribution in [0.4, 0.5) is 10.5 Å². The summed E-state index contributed by atoms with van der Waals surface area (Å²) in [5, 5.41) is 5.42. The zero-order valence-electron chi connectivity index (χ0n) is 13.4. The molecule has 1 aliphatic heterocycles. The van der Waals surface area contributed by atoms with Crippen LogP contribution in [0.2, 0.25) is 0 Å². The number of rotatable bonds is 3. The highest BCUT2D eigenvalue weighted by molar-refractivity contribution is 6.05. The Morgan fingerprint density at radius 2 is 1.83 bits per heavy atom. The van der Waals surface area contributed by atoms with Gasteiger partial charge in [0.15, 0.2) is 0 Å². The standard InChI is InChI=1S/C18H17N3O3/c1-11-6-8-12(9-7-11)16(22)19-14-5-3-4-13(10-14)15-17(23)21(2)18(24)20-15/h3-10,15H,1-2H3,(H,19,22)(H,20,24). The Labute approximate surface area is 139 Å². The molecule has 1 aliphatic rings. The first-order valence-electron chi connectivity index (χ1n) is 7.52. The van der Waals surface area contributed by atoms with Crippen LogP contribution in [-0.4, -0.2) is 29.8 Å². The van der Waals surface area contributed by atoms with Gasteiger partial charge in [0.1, 0.15) is 6.04 Å². The molecule has 2 aromatic carbocycles. The number of imide groups is 1. The third-order valence-electron chi connectivity index (χ3n) is 3.94. The SMILES string of the molecule is Cc1ccc(C(=O)Nc2cccc(C3NC(=O)N(C)C3=O)c2)cc1. The lowest BCUT2D eigenvalue weighted by Gasteiger charge is -2.11. The predicted octanol–water partition coefficient (Wildman–Crippen LogP) is 2.47. The summed E-state index contributed by atoms with van der Waals surface area (Å²) >= 11 is 0. The molecule has 4 amide bonds. The molecule has 0 saturated carbocycles. The molecule has 0 aliphatic carbocycles. The van der Waals surface area contributed by atoms with Crippen molar-refractivity contribution in [3.8, 4) is 0 Å². The van der Waals surface area contributed by atoms with E-state index in [1.54, 1.807) is 36.4 Å². The van der Waals surface area contributed by atoms with Crippen LogP contribution < -0.4 is 10.6 Å². The van der Waals surface area contributed by atoms with Crippen LogP contribution in [0.25, 0.3) is 0 Å². The summed E-state index contributed by atoms with van der Waals surface area (Å²) in [6, 6.07) is 13.0.